The van der Waals surface area contributed by atoms with E-state index in [1.54, 1.807) is 7.11 Å². The van der Waals surface area contributed by atoms with Crippen LogP contribution in [0.15, 0.2) is 48.5 Å². The van der Waals surface area contributed by atoms with Crippen LogP contribution in [0.2, 0.25) is 0 Å². The van der Waals surface area contributed by atoms with Crippen LogP contribution in [0.25, 0.3) is 0 Å². The summed E-state index contributed by atoms with van der Waals surface area (Å²) in [6.07, 6.45) is 0. The standard InChI is InChI=1S/C17H20N2OS/c1-12-4-8-15(9-5-12)19-17(21)18-13(2)14-6-10-16(20-3)11-7-14/h4-11,13H,1-3H3,(H2,18,19,21)/t13-/m1/s1. The molecule has 0 spiro atoms. The number of hydrogen-bond donors (Lipinski definition) is 2. The molecule has 2 aromatic carbocycles. The van der Waals surface area contributed by atoms with E-state index in [0.717, 1.165) is 17.0 Å². The lowest BCUT2D eigenvalue weighted by Crippen LogP contribution is -2.30. The van der Waals surface area contributed by atoms with E-state index in [-0.39, 0.29) is 6.04 Å². The Kier molecular flexibility index (Phi) is 5.17. The average Bonchev–Trinajstić information content (AvgIpc) is 2.49. The van der Waals surface area contributed by atoms with Gasteiger partial charge >= 0.3 is 0 Å². The molecule has 1 atom stereocenters. The van der Waals surface area contributed by atoms with Crippen molar-refractivity contribution >= 4 is 23.0 Å². The van der Waals surface area contributed by atoms with E-state index in [2.05, 4.69) is 36.6 Å². The maximum atomic E-state index is 5.35. The first-order chi connectivity index (χ1) is 10.1. The van der Waals surface area contributed by atoms with Gasteiger partial charge in [0.25, 0.3) is 0 Å². The molecule has 2 N–H and O–H groups in total. The molecule has 4 heteroatoms. The summed E-state index contributed by atoms with van der Waals surface area (Å²) in [5.74, 6) is 0.853. The molecule has 110 valence electrons. The smallest absolute Gasteiger partial charge is 0.171 e. The normalized spacial score (nSPS) is 11.6. The van der Waals surface area contributed by atoms with E-state index in [1.165, 1.54) is 5.56 Å². The third-order valence-corrected chi connectivity index (χ3v) is 3.49. The summed E-state index contributed by atoms with van der Waals surface area (Å²) in [5, 5.41) is 7.08. The van der Waals surface area contributed by atoms with Gasteiger partial charge in [-0.05, 0) is 55.9 Å². The van der Waals surface area contributed by atoms with Crippen molar-refractivity contribution < 1.29 is 4.74 Å². The Morgan fingerprint density at radius 1 is 1.05 bits per heavy atom. The SMILES string of the molecule is COc1ccc([C@@H](C)NC(=S)Nc2ccc(C)cc2)cc1. The number of methoxy groups -OCH3 is 1. The third kappa shape index (κ3) is 4.46. The number of nitrogens with one attached hydrogen (secondary N) is 2. The predicted octanol–water partition coefficient (Wildman–Crippen LogP) is 4.05. The van der Waals surface area contributed by atoms with Gasteiger partial charge < -0.3 is 15.4 Å². The van der Waals surface area contributed by atoms with Crippen molar-refractivity contribution in [1.29, 1.82) is 0 Å². The minimum atomic E-state index is 0.126. The van der Waals surface area contributed by atoms with E-state index in [4.69, 9.17) is 17.0 Å². The van der Waals surface area contributed by atoms with Gasteiger partial charge in [0, 0.05) is 5.69 Å². The summed E-state index contributed by atoms with van der Waals surface area (Å²) >= 11 is 5.35. The Morgan fingerprint density at radius 3 is 2.24 bits per heavy atom. The van der Waals surface area contributed by atoms with Gasteiger partial charge in [-0.1, -0.05) is 29.8 Å². The van der Waals surface area contributed by atoms with Crippen molar-refractivity contribution in [3.63, 3.8) is 0 Å². The van der Waals surface area contributed by atoms with Crippen LogP contribution in [0.4, 0.5) is 5.69 Å². The summed E-state index contributed by atoms with van der Waals surface area (Å²) in [5.41, 5.74) is 3.37. The monoisotopic (exact) mass is 300 g/mol. The minimum absolute atomic E-state index is 0.126. The molecule has 0 bridgehead atoms. The van der Waals surface area contributed by atoms with E-state index in [0.29, 0.717) is 5.11 Å². The average molecular weight is 300 g/mol. The molecule has 0 fully saturated rings. The van der Waals surface area contributed by atoms with Gasteiger partial charge in [0.05, 0.1) is 13.2 Å². The zero-order chi connectivity index (χ0) is 15.2. The van der Waals surface area contributed by atoms with Crippen LogP contribution < -0.4 is 15.4 Å². The highest BCUT2D eigenvalue weighted by molar-refractivity contribution is 7.80. The molecule has 21 heavy (non-hydrogen) atoms. The largest absolute Gasteiger partial charge is 0.497 e. The molecule has 0 aliphatic heterocycles. The van der Waals surface area contributed by atoms with E-state index < -0.39 is 0 Å². The summed E-state index contributed by atoms with van der Waals surface area (Å²) in [6, 6.07) is 16.2. The van der Waals surface area contributed by atoms with E-state index >= 15 is 0 Å². The van der Waals surface area contributed by atoms with Crippen LogP contribution in [-0.4, -0.2) is 12.2 Å². The van der Waals surface area contributed by atoms with Crippen molar-refractivity contribution in [2.24, 2.45) is 0 Å². The lowest BCUT2D eigenvalue weighted by molar-refractivity contribution is 0.414. The summed E-state index contributed by atoms with van der Waals surface area (Å²) in [7, 11) is 1.66. The van der Waals surface area contributed by atoms with Crippen molar-refractivity contribution in [2.45, 2.75) is 19.9 Å². The number of benzene rings is 2. The van der Waals surface area contributed by atoms with Gasteiger partial charge in [-0.15, -0.1) is 0 Å². The predicted molar refractivity (Wildman–Crippen MR) is 91.9 cm³/mol. The molecular formula is C17H20N2OS. The van der Waals surface area contributed by atoms with E-state index in [9.17, 15) is 0 Å². The Morgan fingerprint density at radius 2 is 1.67 bits per heavy atom. The number of anilines is 1. The molecule has 3 nitrogen and oxygen atoms in total. The molecule has 0 radical (unpaired) electrons. The molecule has 0 heterocycles. The Labute approximate surface area is 131 Å². The second-order valence-corrected chi connectivity index (χ2v) is 5.37. The first-order valence-corrected chi connectivity index (χ1v) is 7.27. The number of thiocarbonyl (C=S) groups is 1. The van der Waals surface area contributed by atoms with Gasteiger partial charge in [0.2, 0.25) is 0 Å². The fraction of sp³-hybridized carbons (Fsp3) is 0.235. The maximum Gasteiger partial charge on any atom is 0.171 e. The lowest BCUT2D eigenvalue weighted by Gasteiger charge is -2.17. The second kappa shape index (κ2) is 7.09. The minimum Gasteiger partial charge on any atom is -0.497 e. The van der Waals surface area contributed by atoms with Crippen molar-refractivity contribution in [3.8, 4) is 5.75 Å². The Hall–Kier alpha value is -2.07. The first kappa shape index (κ1) is 15.3. The highest BCUT2D eigenvalue weighted by Gasteiger charge is 2.07. The molecule has 0 saturated carbocycles. The zero-order valence-electron chi connectivity index (χ0n) is 12.5. The quantitative estimate of drug-likeness (QED) is 0.835. The highest BCUT2D eigenvalue weighted by atomic mass is 32.1. The molecule has 0 saturated heterocycles. The second-order valence-electron chi connectivity index (χ2n) is 4.96. The fourth-order valence-corrected chi connectivity index (χ4v) is 2.27. The maximum absolute atomic E-state index is 5.35. The van der Waals surface area contributed by atoms with Crippen LogP contribution in [0, 0.1) is 6.92 Å². The number of hydrogen-bond acceptors (Lipinski definition) is 2. The molecule has 0 unspecified atom stereocenters. The summed E-state index contributed by atoms with van der Waals surface area (Å²) < 4.78 is 5.16. The Bertz CT molecular complexity index is 593. The first-order valence-electron chi connectivity index (χ1n) is 6.86. The molecule has 0 aliphatic carbocycles. The molecule has 2 aromatic rings. The van der Waals surface area contributed by atoms with Gasteiger partial charge in [-0.3, -0.25) is 0 Å². The number of aryl methyl sites for hydroxylation is 1. The van der Waals surface area contributed by atoms with Crippen LogP contribution in [-0.2, 0) is 0 Å². The van der Waals surface area contributed by atoms with Crippen LogP contribution >= 0.6 is 12.2 Å². The van der Waals surface area contributed by atoms with Crippen molar-refractivity contribution in [3.05, 3.63) is 59.7 Å². The van der Waals surface area contributed by atoms with E-state index in [1.807, 2.05) is 36.4 Å². The molecular weight excluding hydrogens is 280 g/mol. The van der Waals surface area contributed by atoms with Gasteiger partial charge in [-0.2, -0.15) is 0 Å². The van der Waals surface area contributed by atoms with Crippen LogP contribution in [0.3, 0.4) is 0 Å². The highest BCUT2D eigenvalue weighted by Crippen LogP contribution is 2.17. The molecule has 0 aromatic heterocycles. The number of rotatable bonds is 4. The molecule has 0 amide bonds. The fourth-order valence-electron chi connectivity index (χ4n) is 1.98. The molecule has 0 aliphatic rings. The van der Waals surface area contributed by atoms with Gasteiger partial charge in [0.1, 0.15) is 5.75 Å². The van der Waals surface area contributed by atoms with Gasteiger partial charge in [-0.25, -0.2) is 0 Å². The van der Waals surface area contributed by atoms with Crippen LogP contribution in [0.1, 0.15) is 24.1 Å². The third-order valence-electron chi connectivity index (χ3n) is 3.27. The topological polar surface area (TPSA) is 33.3 Å². The summed E-state index contributed by atoms with van der Waals surface area (Å²) in [4.78, 5) is 0. The Balaban J connectivity index is 1.93. The van der Waals surface area contributed by atoms with Crippen LogP contribution in [0.5, 0.6) is 5.75 Å². The van der Waals surface area contributed by atoms with Crippen molar-refractivity contribution in [2.75, 3.05) is 12.4 Å². The molecule has 2 rings (SSSR count). The van der Waals surface area contributed by atoms with Crippen molar-refractivity contribution in [1.82, 2.24) is 5.32 Å². The zero-order valence-corrected chi connectivity index (χ0v) is 13.3. The summed E-state index contributed by atoms with van der Waals surface area (Å²) in [6.45, 7) is 4.14. The lowest BCUT2D eigenvalue weighted by atomic mass is 10.1. The van der Waals surface area contributed by atoms with Gasteiger partial charge in [0.15, 0.2) is 5.11 Å². The number of ether oxygens (including phenoxy) is 1.